The molecule has 0 saturated carbocycles. The topological polar surface area (TPSA) is 54.5 Å². The zero-order valence-corrected chi connectivity index (χ0v) is 11.5. The summed E-state index contributed by atoms with van der Waals surface area (Å²) < 4.78 is 5.14. The van der Waals surface area contributed by atoms with Gasteiger partial charge in [0.1, 0.15) is 0 Å². The Labute approximate surface area is 114 Å². The third kappa shape index (κ3) is 3.67. The molecular formula is C14H21N3O2. The molecule has 1 fully saturated rings. The number of rotatable bonds is 5. The van der Waals surface area contributed by atoms with E-state index in [2.05, 4.69) is 10.3 Å². The SMILES string of the molecule is CO[C@@H](C)CCNC(=O)N1CC(c2ccncc2)C1. The molecule has 0 aliphatic carbocycles. The average Bonchev–Trinajstić information content (AvgIpc) is 2.38. The molecule has 2 amide bonds. The molecule has 1 aliphatic heterocycles. The van der Waals surface area contributed by atoms with Gasteiger partial charge < -0.3 is 15.0 Å². The van der Waals surface area contributed by atoms with E-state index in [9.17, 15) is 4.79 Å². The number of ether oxygens (including phenoxy) is 1. The third-order valence-corrected chi connectivity index (χ3v) is 3.58. The lowest BCUT2D eigenvalue weighted by atomic mass is 9.93. The summed E-state index contributed by atoms with van der Waals surface area (Å²) in [5.74, 6) is 0.451. The molecule has 1 saturated heterocycles. The van der Waals surface area contributed by atoms with Gasteiger partial charge in [0, 0.05) is 45.1 Å². The summed E-state index contributed by atoms with van der Waals surface area (Å²) in [5, 5.41) is 2.92. The minimum atomic E-state index is 0.0219. The molecule has 104 valence electrons. The number of pyridine rings is 1. The van der Waals surface area contributed by atoms with Gasteiger partial charge in [-0.15, -0.1) is 0 Å². The van der Waals surface area contributed by atoms with Crippen molar-refractivity contribution in [3.63, 3.8) is 0 Å². The molecule has 0 aromatic carbocycles. The van der Waals surface area contributed by atoms with Gasteiger partial charge in [0.15, 0.2) is 0 Å². The van der Waals surface area contributed by atoms with E-state index in [1.807, 2.05) is 24.0 Å². The van der Waals surface area contributed by atoms with E-state index in [0.717, 1.165) is 19.5 Å². The quantitative estimate of drug-likeness (QED) is 0.878. The van der Waals surface area contributed by atoms with Gasteiger partial charge in [-0.3, -0.25) is 4.98 Å². The lowest BCUT2D eigenvalue weighted by Gasteiger charge is -2.39. The largest absolute Gasteiger partial charge is 0.382 e. The summed E-state index contributed by atoms with van der Waals surface area (Å²) in [6.07, 6.45) is 4.61. The molecular weight excluding hydrogens is 242 g/mol. The van der Waals surface area contributed by atoms with Crippen molar-refractivity contribution in [2.45, 2.75) is 25.4 Å². The highest BCUT2D eigenvalue weighted by molar-refractivity contribution is 5.75. The van der Waals surface area contributed by atoms with E-state index in [-0.39, 0.29) is 12.1 Å². The van der Waals surface area contributed by atoms with Crippen LogP contribution in [-0.2, 0) is 4.74 Å². The second-order valence-corrected chi connectivity index (χ2v) is 4.95. The van der Waals surface area contributed by atoms with E-state index < -0.39 is 0 Å². The number of carbonyl (C=O) groups is 1. The van der Waals surface area contributed by atoms with Crippen LogP contribution in [0.25, 0.3) is 0 Å². The first-order valence-electron chi connectivity index (χ1n) is 6.66. The monoisotopic (exact) mass is 263 g/mol. The molecule has 19 heavy (non-hydrogen) atoms. The van der Waals surface area contributed by atoms with E-state index >= 15 is 0 Å². The van der Waals surface area contributed by atoms with Crippen molar-refractivity contribution >= 4 is 6.03 Å². The highest BCUT2D eigenvalue weighted by atomic mass is 16.5. The third-order valence-electron chi connectivity index (χ3n) is 3.58. The summed E-state index contributed by atoms with van der Waals surface area (Å²) in [5.41, 5.74) is 1.26. The molecule has 1 atom stereocenters. The number of likely N-dealkylation sites (tertiary alicyclic amines) is 1. The van der Waals surface area contributed by atoms with Crippen molar-refractivity contribution in [2.75, 3.05) is 26.7 Å². The summed E-state index contributed by atoms with van der Waals surface area (Å²) in [4.78, 5) is 17.7. The van der Waals surface area contributed by atoms with E-state index in [1.165, 1.54) is 5.56 Å². The summed E-state index contributed by atoms with van der Waals surface area (Å²) in [6, 6.07) is 4.05. The number of carbonyl (C=O) groups excluding carboxylic acids is 1. The Morgan fingerprint density at radius 2 is 2.21 bits per heavy atom. The number of amides is 2. The highest BCUT2D eigenvalue weighted by Gasteiger charge is 2.31. The van der Waals surface area contributed by atoms with Crippen LogP contribution in [0.3, 0.4) is 0 Å². The van der Waals surface area contributed by atoms with E-state index in [0.29, 0.717) is 12.5 Å². The number of hydrogen-bond donors (Lipinski definition) is 1. The first-order chi connectivity index (χ1) is 9.20. The number of methoxy groups -OCH3 is 1. The van der Waals surface area contributed by atoms with Crippen molar-refractivity contribution in [3.8, 4) is 0 Å². The van der Waals surface area contributed by atoms with Crippen molar-refractivity contribution < 1.29 is 9.53 Å². The van der Waals surface area contributed by atoms with E-state index in [1.54, 1.807) is 19.5 Å². The molecule has 5 nitrogen and oxygen atoms in total. The van der Waals surface area contributed by atoms with Crippen molar-refractivity contribution in [3.05, 3.63) is 30.1 Å². The predicted octanol–water partition coefficient (Wildman–Crippen LogP) is 1.62. The summed E-state index contributed by atoms with van der Waals surface area (Å²) >= 11 is 0. The standard InChI is InChI=1S/C14H21N3O2/c1-11(19-2)3-8-16-14(18)17-9-13(10-17)12-4-6-15-7-5-12/h4-7,11,13H,3,8-10H2,1-2H3,(H,16,18)/t11-/m0/s1. The minimum absolute atomic E-state index is 0.0219. The first-order valence-corrected chi connectivity index (χ1v) is 6.66. The maximum absolute atomic E-state index is 11.8. The number of nitrogens with zero attached hydrogens (tertiary/aromatic N) is 2. The molecule has 5 heteroatoms. The van der Waals surface area contributed by atoms with Crippen molar-refractivity contribution in [1.29, 1.82) is 0 Å². The van der Waals surface area contributed by atoms with Gasteiger partial charge in [-0.05, 0) is 31.0 Å². The number of nitrogens with one attached hydrogen (secondary N) is 1. The van der Waals surface area contributed by atoms with Gasteiger partial charge in [0.05, 0.1) is 6.10 Å². The Kier molecular flexibility index (Phi) is 4.74. The second-order valence-electron chi connectivity index (χ2n) is 4.95. The minimum Gasteiger partial charge on any atom is -0.382 e. The zero-order chi connectivity index (χ0) is 13.7. The van der Waals surface area contributed by atoms with Crippen LogP contribution in [0.4, 0.5) is 4.79 Å². The van der Waals surface area contributed by atoms with Crippen LogP contribution in [0.2, 0.25) is 0 Å². The molecule has 0 spiro atoms. The summed E-state index contributed by atoms with van der Waals surface area (Å²) in [6.45, 7) is 4.23. The smallest absolute Gasteiger partial charge is 0.317 e. The van der Waals surface area contributed by atoms with Crippen LogP contribution in [-0.4, -0.2) is 48.8 Å². The molecule has 1 aromatic heterocycles. The first kappa shape index (κ1) is 13.8. The van der Waals surface area contributed by atoms with Crippen LogP contribution < -0.4 is 5.32 Å². The van der Waals surface area contributed by atoms with Gasteiger partial charge in [-0.25, -0.2) is 4.79 Å². The molecule has 2 rings (SSSR count). The normalized spacial score (nSPS) is 16.8. The molecule has 1 aliphatic rings. The van der Waals surface area contributed by atoms with Gasteiger partial charge in [0.2, 0.25) is 0 Å². The number of urea groups is 1. The second kappa shape index (κ2) is 6.52. The van der Waals surface area contributed by atoms with Gasteiger partial charge >= 0.3 is 6.03 Å². The fraction of sp³-hybridized carbons (Fsp3) is 0.571. The van der Waals surface area contributed by atoms with Crippen LogP contribution in [0.1, 0.15) is 24.8 Å². The highest BCUT2D eigenvalue weighted by Crippen LogP contribution is 2.26. The van der Waals surface area contributed by atoms with Crippen molar-refractivity contribution in [2.24, 2.45) is 0 Å². The molecule has 2 heterocycles. The molecule has 1 N–H and O–H groups in total. The lowest BCUT2D eigenvalue weighted by molar-refractivity contribution is 0.109. The lowest BCUT2D eigenvalue weighted by Crippen LogP contribution is -2.52. The predicted molar refractivity (Wildman–Crippen MR) is 73.0 cm³/mol. The molecule has 0 bridgehead atoms. The van der Waals surface area contributed by atoms with Crippen LogP contribution in [0.15, 0.2) is 24.5 Å². The molecule has 0 radical (unpaired) electrons. The van der Waals surface area contributed by atoms with Gasteiger partial charge in [-0.2, -0.15) is 0 Å². The maximum Gasteiger partial charge on any atom is 0.317 e. The zero-order valence-electron chi connectivity index (χ0n) is 11.5. The summed E-state index contributed by atoms with van der Waals surface area (Å²) in [7, 11) is 1.68. The maximum atomic E-state index is 11.8. The van der Waals surface area contributed by atoms with Crippen LogP contribution in [0.5, 0.6) is 0 Å². The van der Waals surface area contributed by atoms with Gasteiger partial charge in [-0.1, -0.05) is 0 Å². The van der Waals surface area contributed by atoms with Crippen molar-refractivity contribution in [1.82, 2.24) is 15.2 Å². The molecule has 1 aromatic rings. The Balaban J connectivity index is 1.67. The van der Waals surface area contributed by atoms with E-state index in [4.69, 9.17) is 4.74 Å². The number of aromatic nitrogens is 1. The Bertz CT molecular complexity index is 404. The van der Waals surface area contributed by atoms with Crippen LogP contribution in [0, 0.1) is 0 Å². The Morgan fingerprint density at radius 1 is 1.53 bits per heavy atom. The average molecular weight is 263 g/mol. The fourth-order valence-corrected chi connectivity index (χ4v) is 2.10. The number of hydrogen-bond acceptors (Lipinski definition) is 3. The van der Waals surface area contributed by atoms with Gasteiger partial charge in [0.25, 0.3) is 0 Å². The van der Waals surface area contributed by atoms with Crippen LogP contribution >= 0.6 is 0 Å². The Hall–Kier alpha value is -1.62. The Morgan fingerprint density at radius 3 is 2.84 bits per heavy atom. The molecule has 0 unspecified atom stereocenters. The fourth-order valence-electron chi connectivity index (χ4n) is 2.10.